The van der Waals surface area contributed by atoms with Gasteiger partial charge in [0.15, 0.2) is 0 Å². The Morgan fingerprint density at radius 3 is 1.50 bits per heavy atom. The van der Waals surface area contributed by atoms with Crippen LogP contribution in [-0.4, -0.2) is 13.2 Å². The van der Waals surface area contributed by atoms with Gasteiger partial charge in [-0.2, -0.15) is 19.8 Å². The molecule has 2 unspecified atom stereocenters. The Bertz CT molecular complexity index is 26.9. The Labute approximate surface area is 69.7 Å². The summed E-state index contributed by atoms with van der Waals surface area (Å²) in [7, 11) is 0. The molecule has 0 bridgehead atoms. The minimum absolute atomic E-state index is 0. The van der Waals surface area contributed by atoms with Crippen molar-refractivity contribution in [1.82, 2.24) is 0 Å². The van der Waals surface area contributed by atoms with E-state index in [4.69, 9.17) is 0 Å². The van der Waals surface area contributed by atoms with Gasteiger partial charge < -0.3 is 9.47 Å². The summed E-state index contributed by atoms with van der Waals surface area (Å²) in [5.41, 5.74) is 0. The van der Waals surface area contributed by atoms with Crippen molar-refractivity contribution >= 4 is 19.8 Å². The molecule has 8 heavy (non-hydrogen) atoms. The topological polar surface area (TPSA) is 18.5 Å². The third-order valence-corrected chi connectivity index (χ3v) is 0.455. The van der Waals surface area contributed by atoms with Crippen LogP contribution in [0.4, 0.5) is 0 Å². The Morgan fingerprint density at radius 2 is 1.38 bits per heavy atom. The van der Waals surface area contributed by atoms with Crippen molar-refractivity contribution in [2.75, 3.05) is 13.2 Å². The van der Waals surface area contributed by atoms with Gasteiger partial charge in [0.05, 0.1) is 0 Å². The molecule has 1 radical (unpaired) electrons. The molecule has 0 aliphatic carbocycles. The van der Waals surface area contributed by atoms with Crippen molar-refractivity contribution in [1.29, 1.82) is 0 Å². The molecule has 5 heteroatoms. The summed E-state index contributed by atoms with van der Waals surface area (Å²) in [5.74, 6) is 0. The first-order valence-corrected chi connectivity index (χ1v) is 1.55. The summed E-state index contributed by atoms with van der Waals surface area (Å²) in [5, 5.41) is 0. The summed E-state index contributed by atoms with van der Waals surface area (Å²) < 4.78 is 9.19. The standard InChI is InChI=1S/C3H5O2.Ir.2H3P/c1-2-5-3-4-1;;;/h3H,1-2H2;;2*1H3/q-1;;;. The average molecular weight is 333 g/mol. The monoisotopic (exact) mass is 334 g/mol. The normalized spacial score (nSPS) is 15.0. The minimum atomic E-state index is 0. The Kier molecular flexibility index (Phi) is 22.8. The van der Waals surface area contributed by atoms with Crippen molar-refractivity contribution in [3.8, 4) is 0 Å². The molecule has 0 aromatic heterocycles. The first-order valence-electron chi connectivity index (χ1n) is 1.55. The van der Waals surface area contributed by atoms with Crippen LogP contribution in [-0.2, 0) is 29.6 Å². The zero-order chi connectivity index (χ0) is 3.54. The van der Waals surface area contributed by atoms with E-state index in [9.17, 15) is 0 Å². The van der Waals surface area contributed by atoms with E-state index in [0.29, 0.717) is 0 Å². The van der Waals surface area contributed by atoms with E-state index >= 15 is 0 Å². The molecular formula is C3H11IrO2P2-. The van der Waals surface area contributed by atoms with Gasteiger partial charge in [-0.25, -0.2) is 0 Å². The Hall–Kier alpha value is 1.43. The maximum atomic E-state index is 4.60. The van der Waals surface area contributed by atoms with Crippen molar-refractivity contribution in [3.05, 3.63) is 6.79 Å². The zero-order valence-corrected chi connectivity index (χ0v) is 9.78. The van der Waals surface area contributed by atoms with E-state index in [1.807, 2.05) is 0 Å². The van der Waals surface area contributed by atoms with Gasteiger partial charge in [0.2, 0.25) is 0 Å². The molecule has 0 amide bonds. The van der Waals surface area contributed by atoms with Crippen molar-refractivity contribution < 1.29 is 29.6 Å². The molecule has 2 atom stereocenters. The average Bonchev–Trinajstić information content (AvgIpc) is 1.76. The van der Waals surface area contributed by atoms with Gasteiger partial charge in [-0.3, -0.25) is 0 Å². The summed E-state index contributed by atoms with van der Waals surface area (Å²) >= 11 is 0. The van der Waals surface area contributed by atoms with E-state index in [2.05, 4.69) is 9.47 Å². The number of hydrogen-bond acceptors (Lipinski definition) is 2. The predicted molar refractivity (Wildman–Crippen MR) is 38.4 cm³/mol. The van der Waals surface area contributed by atoms with E-state index < -0.39 is 0 Å². The van der Waals surface area contributed by atoms with Gasteiger partial charge in [-0.05, 0) is 0 Å². The van der Waals surface area contributed by atoms with E-state index in [1.54, 1.807) is 0 Å². The molecule has 1 heterocycles. The number of hydrogen-bond donors (Lipinski definition) is 0. The van der Waals surface area contributed by atoms with E-state index in [1.165, 1.54) is 6.79 Å². The SMILES string of the molecule is P.P.[CH-]1OCCO1.[Ir]. The molecule has 0 aromatic rings. The predicted octanol–water partition coefficient (Wildman–Crippen LogP) is 0.266. The molecule has 0 spiro atoms. The molecule has 1 fully saturated rings. The maximum absolute atomic E-state index is 4.60. The van der Waals surface area contributed by atoms with E-state index in [0.717, 1.165) is 13.2 Å². The van der Waals surface area contributed by atoms with Crippen LogP contribution >= 0.6 is 19.8 Å². The van der Waals surface area contributed by atoms with Crippen LogP contribution in [0, 0.1) is 6.79 Å². The van der Waals surface area contributed by atoms with Crippen LogP contribution in [0.3, 0.4) is 0 Å². The number of rotatable bonds is 0. The van der Waals surface area contributed by atoms with Crippen molar-refractivity contribution in [2.45, 2.75) is 0 Å². The third kappa shape index (κ3) is 7.43. The van der Waals surface area contributed by atoms with Crippen molar-refractivity contribution in [2.24, 2.45) is 0 Å². The zero-order valence-electron chi connectivity index (χ0n) is 4.56. The van der Waals surface area contributed by atoms with Crippen LogP contribution in [0.2, 0.25) is 0 Å². The van der Waals surface area contributed by atoms with E-state index in [-0.39, 0.29) is 39.9 Å². The fraction of sp³-hybridized carbons (Fsp3) is 0.667. The van der Waals surface area contributed by atoms with Gasteiger partial charge in [-0.15, -0.1) is 0 Å². The second kappa shape index (κ2) is 11.3. The fourth-order valence-electron chi connectivity index (χ4n) is 0.241. The quantitative estimate of drug-likeness (QED) is 0.468. The van der Waals surface area contributed by atoms with Gasteiger partial charge in [-0.1, -0.05) is 6.79 Å². The molecule has 1 aliphatic heterocycles. The molecule has 0 aromatic carbocycles. The first kappa shape index (κ1) is 16.2. The Morgan fingerprint density at radius 1 is 1.00 bits per heavy atom. The third-order valence-electron chi connectivity index (χ3n) is 0.455. The molecule has 1 aliphatic rings. The van der Waals surface area contributed by atoms with Gasteiger partial charge >= 0.3 is 0 Å². The van der Waals surface area contributed by atoms with Gasteiger partial charge in [0.1, 0.15) is 0 Å². The second-order valence-corrected chi connectivity index (χ2v) is 0.838. The van der Waals surface area contributed by atoms with Crippen LogP contribution in [0.5, 0.6) is 0 Å². The second-order valence-electron chi connectivity index (χ2n) is 0.838. The fourth-order valence-corrected chi connectivity index (χ4v) is 0.241. The molecule has 0 saturated carbocycles. The van der Waals surface area contributed by atoms with Crippen LogP contribution in [0.15, 0.2) is 0 Å². The van der Waals surface area contributed by atoms with Crippen LogP contribution in [0.25, 0.3) is 0 Å². The van der Waals surface area contributed by atoms with Crippen LogP contribution < -0.4 is 0 Å². The first-order chi connectivity index (χ1) is 2.50. The maximum Gasteiger partial charge on any atom is 0.0343 e. The largest absolute Gasteiger partial charge is 0.523 e. The molecule has 55 valence electrons. The Balaban J connectivity index is -0.0000000833. The summed E-state index contributed by atoms with van der Waals surface area (Å²) in [6.45, 7) is 2.81. The molecule has 2 nitrogen and oxygen atoms in total. The molecular weight excluding hydrogens is 322 g/mol. The smallest absolute Gasteiger partial charge is 0.0343 e. The molecule has 1 rings (SSSR count). The molecule has 0 N–H and O–H groups in total. The van der Waals surface area contributed by atoms with Crippen molar-refractivity contribution in [3.63, 3.8) is 0 Å². The summed E-state index contributed by atoms with van der Waals surface area (Å²) in [6, 6.07) is 0. The summed E-state index contributed by atoms with van der Waals surface area (Å²) in [4.78, 5) is 0. The van der Waals surface area contributed by atoms with Crippen LogP contribution in [0.1, 0.15) is 0 Å². The van der Waals surface area contributed by atoms with Gasteiger partial charge in [0.25, 0.3) is 0 Å². The summed E-state index contributed by atoms with van der Waals surface area (Å²) in [6.07, 6.45) is 0. The minimum Gasteiger partial charge on any atom is -0.523 e. The number of ether oxygens (including phenoxy) is 2. The molecule has 1 saturated heterocycles. The van der Waals surface area contributed by atoms with Gasteiger partial charge in [0, 0.05) is 33.3 Å².